The van der Waals surface area contributed by atoms with Crippen molar-refractivity contribution in [2.24, 2.45) is 0 Å². The van der Waals surface area contributed by atoms with Gasteiger partial charge in [-0.2, -0.15) is 0 Å². The van der Waals surface area contributed by atoms with Crippen molar-refractivity contribution in [2.45, 2.75) is 38.1 Å². The Labute approximate surface area is 119 Å². The molecule has 0 radical (unpaired) electrons. The number of nitrogen functional groups attached to an aromatic ring is 1. The van der Waals surface area contributed by atoms with Gasteiger partial charge < -0.3 is 21.5 Å². The molecule has 2 rings (SSSR count). The summed E-state index contributed by atoms with van der Waals surface area (Å²) >= 11 is 0. The quantitative estimate of drug-likeness (QED) is 0.617. The van der Waals surface area contributed by atoms with Crippen molar-refractivity contribution < 1.29 is 9.90 Å². The minimum atomic E-state index is -0.324. The van der Waals surface area contributed by atoms with Crippen molar-refractivity contribution in [1.82, 2.24) is 5.32 Å². The van der Waals surface area contributed by atoms with Gasteiger partial charge in [0, 0.05) is 17.9 Å². The van der Waals surface area contributed by atoms with Crippen LogP contribution >= 0.6 is 0 Å². The first kappa shape index (κ1) is 14.7. The van der Waals surface area contributed by atoms with E-state index in [4.69, 9.17) is 5.73 Å². The van der Waals surface area contributed by atoms with E-state index in [2.05, 4.69) is 10.6 Å². The number of benzene rings is 1. The van der Waals surface area contributed by atoms with Crippen LogP contribution in [0.1, 0.15) is 43.0 Å². The average Bonchev–Trinajstić information content (AvgIpc) is 2.88. The number of nitrogens with two attached hydrogens (primary N) is 1. The van der Waals surface area contributed by atoms with Gasteiger partial charge in [0.15, 0.2) is 0 Å². The van der Waals surface area contributed by atoms with Gasteiger partial charge in [-0.1, -0.05) is 12.8 Å². The number of anilines is 2. The number of rotatable bonds is 5. The van der Waals surface area contributed by atoms with Gasteiger partial charge in [-0.05, 0) is 38.0 Å². The maximum Gasteiger partial charge on any atom is 0.253 e. The normalized spacial score (nSPS) is 16.9. The Kier molecular flexibility index (Phi) is 4.49. The lowest BCUT2D eigenvalue weighted by molar-refractivity contribution is 0.0956. The number of aliphatic hydroxyl groups is 1. The first-order valence-corrected chi connectivity index (χ1v) is 7.17. The Hall–Kier alpha value is -1.75. The van der Waals surface area contributed by atoms with E-state index in [1.54, 1.807) is 18.2 Å². The molecule has 0 bridgehead atoms. The highest BCUT2D eigenvalue weighted by molar-refractivity contribution is 6.00. The van der Waals surface area contributed by atoms with Crippen LogP contribution in [0.25, 0.3) is 0 Å². The number of hydrogen-bond acceptors (Lipinski definition) is 4. The summed E-state index contributed by atoms with van der Waals surface area (Å²) < 4.78 is 0. The Morgan fingerprint density at radius 3 is 2.70 bits per heavy atom. The van der Waals surface area contributed by atoms with E-state index < -0.39 is 0 Å². The van der Waals surface area contributed by atoms with E-state index in [1.807, 2.05) is 6.92 Å². The van der Waals surface area contributed by atoms with E-state index in [9.17, 15) is 9.90 Å². The molecule has 0 aliphatic heterocycles. The van der Waals surface area contributed by atoms with Crippen molar-refractivity contribution in [2.75, 3.05) is 24.2 Å². The Morgan fingerprint density at radius 1 is 1.40 bits per heavy atom. The number of carbonyl (C=O) groups is 1. The maximum atomic E-state index is 12.1. The van der Waals surface area contributed by atoms with Gasteiger partial charge in [-0.25, -0.2) is 0 Å². The molecule has 0 atom stereocenters. The Morgan fingerprint density at radius 2 is 2.10 bits per heavy atom. The fourth-order valence-corrected chi connectivity index (χ4v) is 2.78. The van der Waals surface area contributed by atoms with Crippen LogP contribution in [0.4, 0.5) is 11.4 Å². The molecular weight excluding hydrogens is 254 g/mol. The third-order valence-electron chi connectivity index (χ3n) is 3.89. The summed E-state index contributed by atoms with van der Waals surface area (Å²) in [6.45, 7) is 2.53. The lowest BCUT2D eigenvalue weighted by atomic mass is 9.97. The fraction of sp³-hybridized carbons (Fsp3) is 0.533. The first-order valence-electron chi connectivity index (χ1n) is 7.17. The number of amides is 1. The van der Waals surface area contributed by atoms with Crippen LogP contribution in [0.5, 0.6) is 0 Å². The van der Waals surface area contributed by atoms with E-state index in [0.29, 0.717) is 23.5 Å². The molecule has 1 aliphatic carbocycles. The molecule has 110 valence electrons. The molecule has 1 fully saturated rings. The van der Waals surface area contributed by atoms with Gasteiger partial charge in [0.25, 0.3) is 5.91 Å². The number of aliphatic hydroxyl groups excluding tert-OH is 1. The number of hydrogen-bond donors (Lipinski definition) is 4. The summed E-state index contributed by atoms with van der Waals surface area (Å²) in [6, 6.07) is 5.21. The van der Waals surface area contributed by atoms with Gasteiger partial charge in [-0.15, -0.1) is 0 Å². The van der Waals surface area contributed by atoms with Crippen LogP contribution in [-0.4, -0.2) is 29.7 Å². The van der Waals surface area contributed by atoms with Crippen LogP contribution in [0, 0.1) is 0 Å². The molecule has 1 saturated carbocycles. The molecule has 0 spiro atoms. The first-order chi connectivity index (χ1) is 9.60. The minimum Gasteiger partial charge on any atom is -0.399 e. The van der Waals surface area contributed by atoms with Crippen LogP contribution in [0.3, 0.4) is 0 Å². The molecule has 5 N–H and O–H groups in total. The van der Waals surface area contributed by atoms with Crippen molar-refractivity contribution >= 4 is 17.3 Å². The molecular formula is C15H23N3O2. The molecule has 0 unspecified atom stereocenters. The summed E-state index contributed by atoms with van der Waals surface area (Å²) in [4.78, 5) is 12.1. The van der Waals surface area contributed by atoms with Gasteiger partial charge in [0.1, 0.15) is 0 Å². The second kappa shape index (κ2) is 6.13. The van der Waals surface area contributed by atoms with Crippen molar-refractivity contribution in [1.29, 1.82) is 0 Å². The second-order valence-electron chi connectivity index (χ2n) is 5.44. The number of carbonyl (C=O) groups excluding carboxylic acids is 1. The summed E-state index contributed by atoms with van der Waals surface area (Å²) in [6.07, 6.45) is 4.00. The smallest absolute Gasteiger partial charge is 0.253 e. The van der Waals surface area contributed by atoms with Gasteiger partial charge >= 0.3 is 0 Å². The Balaban J connectivity index is 2.29. The highest BCUT2D eigenvalue weighted by Crippen LogP contribution is 2.34. The minimum absolute atomic E-state index is 0.0661. The largest absolute Gasteiger partial charge is 0.399 e. The topological polar surface area (TPSA) is 87.4 Å². The zero-order valence-corrected chi connectivity index (χ0v) is 11.9. The Bertz CT molecular complexity index is 482. The van der Waals surface area contributed by atoms with E-state index in [1.165, 1.54) is 0 Å². The van der Waals surface area contributed by atoms with Crippen LogP contribution in [0.2, 0.25) is 0 Å². The average molecular weight is 277 g/mol. The summed E-state index contributed by atoms with van der Waals surface area (Å²) in [5.74, 6) is -0.124. The lowest BCUT2D eigenvalue weighted by Gasteiger charge is -2.30. The molecule has 1 amide bonds. The highest BCUT2D eigenvalue weighted by Gasteiger charge is 2.33. The van der Waals surface area contributed by atoms with Crippen molar-refractivity contribution in [3.63, 3.8) is 0 Å². The molecule has 0 heterocycles. The molecule has 1 aromatic rings. The molecule has 5 nitrogen and oxygen atoms in total. The van der Waals surface area contributed by atoms with Crippen LogP contribution < -0.4 is 16.4 Å². The zero-order chi connectivity index (χ0) is 14.6. The van der Waals surface area contributed by atoms with Gasteiger partial charge in [0.05, 0.1) is 17.7 Å². The van der Waals surface area contributed by atoms with Crippen molar-refractivity contribution in [3.05, 3.63) is 23.8 Å². The summed E-state index contributed by atoms with van der Waals surface area (Å²) in [5.41, 5.74) is 7.38. The number of nitrogens with one attached hydrogen (secondary N) is 2. The zero-order valence-electron chi connectivity index (χ0n) is 11.9. The molecule has 0 aromatic heterocycles. The molecule has 20 heavy (non-hydrogen) atoms. The van der Waals surface area contributed by atoms with E-state index in [0.717, 1.165) is 25.7 Å². The van der Waals surface area contributed by atoms with E-state index >= 15 is 0 Å². The summed E-state index contributed by atoms with van der Waals surface area (Å²) in [5, 5.41) is 15.8. The third kappa shape index (κ3) is 3.04. The molecule has 1 aromatic carbocycles. The third-order valence-corrected chi connectivity index (χ3v) is 3.89. The van der Waals surface area contributed by atoms with Crippen LogP contribution in [-0.2, 0) is 0 Å². The molecule has 0 saturated heterocycles. The van der Waals surface area contributed by atoms with Crippen LogP contribution in [0.15, 0.2) is 18.2 Å². The standard InChI is InChI=1S/C15H23N3O2/c1-2-17-14(20)12-6-5-11(16)9-13(12)18-15(10-19)7-3-4-8-15/h5-6,9,18-19H,2-4,7-8,10,16H2,1H3,(H,17,20). The monoisotopic (exact) mass is 277 g/mol. The SMILES string of the molecule is CCNC(=O)c1ccc(N)cc1NC1(CO)CCCC1. The van der Waals surface area contributed by atoms with E-state index in [-0.39, 0.29) is 18.1 Å². The molecule has 1 aliphatic rings. The highest BCUT2D eigenvalue weighted by atomic mass is 16.3. The van der Waals surface area contributed by atoms with Gasteiger partial charge in [0.2, 0.25) is 0 Å². The van der Waals surface area contributed by atoms with Crippen molar-refractivity contribution in [3.8, 4) is 0 Å². The predicted molar refractivity (Wildman–Crippen MR) is 80.8 cm³/mol. The second-order valence-corrected chi connectivity index (χ2v) is 5.44. The fourth-order valence-electron chi connectivity index (χ4n) is 2.78. The lowest BCUT2D eigenvalue weighted by Crippen LogP contribution is -2.40. The van der Waals surface area contributed by atoms with Gasteiger partial charge in [-0.3, -0.25) is 4.79 Å². The maximum absolute atomic E-state index is 12.1. The predicted octanol–water partition coefficient (Wildman–Crippen LogP) is 1.74. The summed E-state index contributed by atoms with van der Waals surface area (Å²) in [7, 11) is 0. The molecule has 5 heteroatoms.